The number of aliphatic carboxylic acids is 2. The number of aliphatic hydroxyl groups excluding tert-OH is 2. The molecule has 322 valence electrons. The van der Waals surface area contributed by atoms with Gasteiger partial charge in [-0.3, -0.25) is 43.3 Å². The minimum absolute atomic E-state index is 0.00895. The van der Waals surface area contributed by atoms with Crippen molar-refractivity contribution in [3.05, 3.63) is 29.8 Å². The molecule has 58 heavy (non-hydrogen) atoms. The Bertz CT molecular complexity index is 1640. The smallest absolute Gasteiger partial charge is 0.326 e. The van der Waals surface area contributed by atoms with Gasteiger partial charge in [0.1, 0.15) is 42.0 Å². The Morgan fingerprint density at radius 2 is 1.19 bits per heavy atom. The monoisotopic (exact) mass is 825 g/mol. The number of carboxylic acid groups (broad SMARTS) is 2. The van der Waals surface area contributed by atoms with Gasteiger partial charge >= 0.3 is 11.9 Å². The number of phenols is 1. The fourth-order valence-corrected chi connectivity index (χ4v) is 4.78. The molecule has 1 rings (SSSR count). The zero-order chi connectivity index (χ0) is 43.9. The molecule has 0 saturated carbocycles. The highest BCUT2D eigenvalue weighted by Crippen LogP contribution is 2.11. The molecule has 0 aliphatic heterocycles. The predicted octanol–water partition coefficient (Wildman–Crippen LogP) is -7.07. The van der Waals surface area contributed by atoms with E-state index in [0.717, 1.165) is 0 Å². The lowest BCUT2D eigenvalue weighted by molar-refractivity contribution is -0.141. The number of carboxylic acids is 2. The molecular weight excluding hydrogens is 774 g/mol. The molecule has 0 spiro atoms. The molecule has 7 amide bonds. The van der Waals surface area contributed by atoms with Crippen LogP contribution in [-0.4, -0.2) is 154 Å². The summed E-state index contributed by atoms with van der Waals surface area (Å²) < 4.78 is 0. The van der Waals surface area contributed by atoms with Gasteiger partial charge in [-0.1, -0.05) is 12.1 Å². The molecule has 6 atom stereocenters. The van der Waals surface area contributed by atoms with Gasteiger partial charge in [0.2, 0.25) is 41.4 Å². The third-order valence-corrected chi connectivity index (χ3v) is 7.88. The fourth-order valence-electron chi connectivity index (χ4n) is 4.78. The number of nitrogens with zero attached hydrogens (tertiary/aromatic N) is 1. The van der Waals surface area contributed by atoms with E-state index in [9.17, 15) is 68.7 Å². The molecule has 1 aromatic carbocycles. The lowest BCUT2D eigenvalue weighted by Crippen LogP contribution is -2.60. The van der Waals surface area contributed by atoms with Crippen molar-refractivity contribution in [1.29, 1.82) is 0 Å². The number of hydrogen-bond donors (Lipinski definition) is 15. The van der Waals surface area contributed by atoms with Gasteiger partial charge < -0.3 is 80.0 Å². The highest BCUT2D eigenvalue weighted by atomic mass is 16.4. The standard InChI is InChI=1S/C33H51N11O14/c1-16(39-30(55)22(14-45)41-24(48)12-34)27(52)42-19(3-2-10-37-33(35)36)29(54)44-23(15-46)31(56)43-20(8-9-26(50)51)28(53)38-13-25(49)40-21(32(57)58)11-17-4-6-18(47)7-5-17/h4-7,16,19-23,45-47H,2-3,8-15,34H2,1H3,(H,38,53)(H,39,55)(H,40,49)(H,41,48)(H,42,52)(H,43,56)(H,44,54)(H,50,51)(H,57,58)(H4,35,36,37)/t16-,19-,20-,21-,22-,23-/m0/s1. The lowest BCUT2D eigenvalue weighted by Gasteiger charge is -2.25. The van der Waals surface area contributed by atoms with E-state index in [1.54, 1.807) is 0 Å². The molecule has 0 saturated heterocycles. The molecule has 0 bridgehead atoms. The maximum Gasteiger partial charge on any atom is 0.326 e. The largest absolute Gasteiger partial charge is 0.508 e. The van der Waals surface area contributed by atoms with Crippen molar-refractivity contribution < 1.29 is 68.7 Å². The molecule has 0 unspecified atom stereocenters. The highest BCUT2D eigenvalue weighted by molar-refractivity contribution is 5.97. The third kappa shape index (κ3) is 18.8. The van der Waals surface area contributed by atoms with Crippen LogP contribution in [-0.2, 0) is 49.6 Å². The number of amides is 7. The number of rotatable bonds is 26. The summed E-state index contributed by atoms with van der Waals surface area (Å²) in [4.78, 5) is 116. The molecule has 18 N–H and O–H groups in total. The Hall–Kier alpha value is -6.60. The fraction of sp³-hybridized carbons (Fsp3) is 0.515. The second-order valence-electron chi connectivity index (χ2n) is 12.5. The average molecular weight is 826 g/mol. The minimum atomic E-state index is -1.79. The van der Waals surface area contributed by atoms with Gasteiger partial charge in [0.05, 0.1) is 26.3 Å². The Balaban J connectivity index is 3.05. The van der Waals surface area contributed by atoms with Crippen LogP contribution in [0.5, 0.6) is 5.75 Å². The maximum absolute atomic E-state index is 13.4. The molecular formula is C33H51N11O14. The number of nitrogens with one attached hydrogen (secondary N) is 7. The Labute approximate surface area is 330 Å². The van der Waals surface area contributed by atoms with Crippen molar-refractivity contribution in [2.24, 2.45) is 22.2 Å². The number of aliphatic hydroxyl groups is 2. The van der Waals surface area contributed by atoms with E-state index in [-0.39, 0.29) is 37.5 Å². The van der Waals surface area contributed by atoms with E-state index in [1.807, 2.05) is 0 Å². The molecule has 0 aliphatic carbocycles. The molecule has 1 aromatic rings. The molecule has 0 fully saturated rings. The normalized spacial score (nSPS) is 13.7. The molecule has 25 heteroatoms. The number of aromatic hydroxyl groups is 1. The van der Waals surface area contributed by atoms with Crippen molar-refractivity contribution in [2.45, 2.75) is 75.3 Å². The number of phenolic OH excluding ortho intramolecular Hbond substituents is 1. The number of aliphatic imine (C=N–C) groups is 1. The lowest BCUT2D eigenvalue weighted by atomic mass is 10.1. The number of carbonyl (C=O) groups excluding carboxylic acids is 7. The molecule has 0 aliphatic rings. The summed E-state index contributed by atoms with van der Waals surface area (Å²) in [6.45, 7) is -1.98. The predicted molar refractivity (Wildman–Crippen MR) is 200 cm³/mol. The zero-order valence-corrected chi connectivity index (χ0v) is 31.4. The van der Waals surface area contributed by atoms with E-state index in [0.29, 0.717) is 5.56 Å². The second-order valence-corrected chi connectivity index (χ2v) is 12.5. The minimum Gasteiger partial charge on any atom is -0.508 e. The number of hydrogen-bond acceptors (Lipinski definition) is 14. The van der Waals surface area contributed by atoms with Crippen LogP contribution in [0.2, 0.25) is 0 Å². The average Bonchev–Trinajstić information content (AvgIpc) is 3.17. The topological polar surface area (TPSA) is 429 Å². The van der Waals surface area contributed by atoms with E-state index in [4.69, 9.17) is 17.2 Å². The van der Waals surface area contributed by atoms with Crippen LogP contribution >= 0.6 is 0 Å². The molecule has 0 heterocycles. The van der Waals surface area contributed by atoms with Gasteiger partial charge in [-0.2, -0.15) is 0 Å². The van der Waals surface area contributed by atoms with E-state index < -0.39 is 129 Å². The van der Waals surface area contributed by atoms with Crippen LogP contribution in [0.3, 0.4) is 0 Å². The summed E-state index contributed by atoms with van der Waals surface area (Å²) in [5.74, 6) is -10.0. The Kier molecular flexibility index (Phi) is 21.8. The quantitative estimate of drug-likeness (QED) is 0.0234. The highest BCUT2D eigenvalue weighted by Gasteiger charge is 2.31. The van der Waals surface area contributed by atoms with Crippen LogP contribution in [0.25, 0.3) is 0 Å². The van der Waals surface area contributed by atoms with Crippen LogP contribution < -0.4 is 54.4 Å². The first-order valence-corrected chi connectivity index (χ1v) is 17.6. The first-order chi connectivity index (χ1) is 27.3. The molecule has 0 radical (unpaired) electrons. The summed E-state index contributed by atoms with van der Waals surface area (Å²) >= 11 is 0. The van der Waals surface area contributed by atoms with Gasteiger partial charge in [0.25, 0.3) is 0 Å². The van der Waals surface area contributed by atoms with Gasteiger partial charge in [-0.15, -0.1) is 0 Å². The van der Waals surface area contributed by atoms with E-state index in [1.165, 1.54) is 31.2 Å². The summed E-state index contributed by atoms with van der Waals surface area (Å²) in [6.07, 6.45) is -1.45. The first kappa shape index (κ1) is 49.4. The van der Waals surface area contributed by atoms with Gasteiger partial charge in [0, 0.05) is 19.4 Å². The summed E-state index contributed by atoms with van der Waals surface area (Å²) in [5.41, 5.74) is 16.3. The van der Waals surface area contributed by atoms with Crippen LogP contribution in [0, 0.1) is 0 Å². The maximum atomic E-state index is 13.4. The third-order valence-electron chi connectivity index (χ3n) is 7.88. The van der Waals surface area contributed by atoms with Crippen molar-refractivity contribution in [3.8, 4) is 5.75 Å². The summed E-state index contributed by atoms with van der Waals surface area (Å²) in [6, 6.07) is -3.64. The van der Waals surface area contributed by atoms with E-state index >= 15 is 0 Å². The van der Waals surface area contributed by atoms with Crippen molar-refractivity contribution in [1.82, 2.24) is 37.2 Å². The van der Waals surface area contributed by atoms with Crippen LogP contribution in [0.15, 0.2) is 29.3 Å². The van der Waals surface area contributed by atoms with E-state index in [2.05, 4.69) is 42.2 Å². The number of benzene rings is 1. The first-order valence-electron chi connectivity index (χ1n) is 17.6. The molecule has 0 aromatic heterocycles. The number of nitrogens with two attached hydrogens (primary N) is 3. The van der Waals surface area contributed by atoms with Crippen LogP contribution in [0.1, 0.15) is 38.2 Å². The zero-order valence-electron chi connectivity index (χ0n) is 31.4. The Morgan fingerprint density at radius 3 is 1.74 bits per heavy atom. The van der Waals surface area contributed by atoms with Gasteiger partial charge in [0.15, 0.2) is 5.96 Å². The second kappa shape index (κ2) is 25.5. The number of guanidine groups is 1. The van der Waals surface area contributed by atoms with Crippen molar-refractivity contribution in [2.75, 3.05) is 32.8 Å². The van der Waals surface area contributed by atoms with Crippen molar-refractivity contribution in [3.63, 3.8) is 0 Å². The van der Waals surface area contributed by atoms with Gasteiger partial charge in [-0.05, 0) is 43.9 Å². The van der Waals surface area contributed by atoms with Crippen LogP contribution in [0.4, 0.5) is 0 Å². The number of carbonyl (C=O) groups is 9. The molecule has 25 nitrogen and oxygen atoms in total. The van der Waals surface area contributed by atoms with Gasteiger partial charge in [-0.25, -0.2) is 4.79 Å². The SMILES string of the molecule is C[C@H](NC(=O)[C@H](CO)NC(=O)CN)C(=O)N[C@@H](CCCN=C(N)N)C(=O)N[C@@H](CO)C(=O)N[C@@H](CCC(=O)O)C(=O)NCC(=O)N[C@@H](Cc1ccc(O)cc1)C(=O)O. The summed E-state index contributed by atoms with van der Waals surface area (Å²) in [7, 11) is 0. The van der Waals surface area contributed by atoms with Crippen molar-refractivity contribution >= 4 is 59.2 Å². The summed E-state index contributed by atoms with van der Waals surface area (Å²) in [5, 5.41) is 63.2. The Morgan fingerprint density at radius 1 is 0.672 bits per heavy atom.